The highest BCUT2D eigenvalue weighted by molar-refractivity contribution is 5.94. The minimum Gasteiger partial charge on any atom is -0.508 e. The first kappa shape index (κ1) is 26.1. The Morgan fingerprint density at radius 3 is 2.16 bits per heavy atom. The molecule has 0 aromatic heterocycles. The summed E-state index contributed by atoms with van der Waals surface area (Å²) in [6.45, 7) is 4.77. The summed E-state index contributed by atoms with van der Waals surface area (Å²) >= 11 is 0. The summed E-state index contributed by atoms with van der Waals surface area (Å²) < 4.78 is 0. The maximum Gasteiger partial charge on any atom is 0.221 e. The Balaban J connectivity index is 1.58. The van der Waals surface area contributed by atoms with Gasteiger partial charge in [-0.15, -0.1) is 0 Å². The predicted molar refractivity (Wildman–Crippen MR) is 149 cm³/mol. The van der Waals surface area contributed by atoms with Gasteiger partial charge in [-0.05, 0) is 53.8 Å². The number of carbonyl (C=O) groups excluding carboxylic acids is 1. The van der Waals surface area contributed by atoms with Crippen molar-refractivity contribution in [3.8, 4) is 16.9 Å². The number of rotatable bonds is 10. The number of amides is 1. The molecule has 0 unspecified atom stereocenters. The number of carbonyl (C=O) groups is 1. The molecule has 0 saturated carbocycles. The van der Waals surface area contributed by atoms with E-state index in [4.69, 9.17) is 0 Å². The van der Waals surface area contributed by atoms with Crippen LogP contribution >= 0.6 is 0 Å². The van der Waals surface area contributed by atoms with Crippen molar-refractivity contribution >= 4 is 11.6 Å². The average molecular weight is 495 g/mol. The van der Waals surface area contributed by atoms with Gasteiger partial charge in [0.1, 0.15) is 5.75 Å². The van der Waals surface area contributed by atoms with Gasteiger partial charge in [0, 0.05) is 37.3 Å². The Morgan fingerprint density at radius 2 is 1.51 bits per heavy atom. The van der Waals surface area contributed by atoms with Gasteiger partial charge in [-0.1, -0.05) is 84.9 Å². The second-order valence-electron chi connectivity index (χ2n) is 9.50. The molecule has 4 rings (SSSR count). The lowest BCUT2D eigenvalue weighted by molar-refractivity contribution is -0.114. The number of phenols is 1. The number of nitrogens with zero attached hydrogens (tertiary/aromatic N) is 1. The van der Waals surface area contributed by atoms with Gasteiger partial charge in [0.05, 0.1) is 6.10 Å². The summed E-state index contributed by atoms with van der Waals surface area (Å²) in [6.07, 6.45) is 0.0347. The zero-order valence-electron chi connectivity index (χ0n) is 21.3. The van der Waals surface area contributed by atoms with Crippen LogP contribution in [0.5, 0.6) is 5.75 Å². The zero-order valence-corrected chi connectivity index (χ0v) is 21.3. The van der Waals surface area contributed by atoms with Crippen LogP contribution in [-0.2, 0) is 17.8 Å². The van der Waals surface area contributed by atoms with Crippen molar-refractivity contribution in [2.75, 3.05) is 11.9 Å². The van der Waals surface area contributed by atoms with Gasteiger partial charge in [-0.2, -0.15) is 0 Å². The van der Waals surface area contributed by atoms with E-state index in [0.29, 0.717) is 18.8 Å². The Hall–Kier alpha value is -3.93. The third kappa shape index (κ3) is 7.29. The van der Waals surface area contributed by atoms with Gasteiger partial charge in [-0.3, -0.25) is 9.69 Å². The van der Waals surface area contributed by atoms with Gasteiger partial charge >= 0.3 is 0 Å². The van der Waals surface area contributed by atoms with Gasteiger partial charge in [0.2, 0.25) is 5.91 Å². The van der Waals surface area contributed by atoms with Crippen LogP contribution in [0.4, 0.5) is 5.69 Å². The molecule has 5 nitrogen and oxygen atoms in total. The van der Waals surface area contributed by atoms with Crippen molar-refractivity contribution in [3.63, 3.8) is 0 Å². The molecule has 0 aliphatic carbocycles. The number of anilines is 1. The van der Waals surface area contributed by atoms with Crippen LogP contribution in [0.25, 0.3) is 11.1 Å². The molecule has 0 heterocycles. The van der Waals surface area contributed by atoms with Crippen molar-refractivity contribution in [1.82, 2.24) is 4.90 Å². The smallest absolute Gasteiger partial charge is 0.221 e. The normalized spacial score (nSPS) is 12.8. The molecule has 3 N–H and O–H groups in total. The second kappa shape index (κ2) is 12.3. The van der Waals surface area contributed by atoms with Crippen LogP contribution in [-0.4, -0.2) is 33.6 Å². The molecular weight excluding hydrogens is 460 g/mol. The van der Waals surface area contributed by atoms with Crippen molar-refractivity contribution in [2.45, 2.75) is 39.0 Å². The SMILES string of the molecule is CC(=O)Nc1cc([C@H](O)CN(Cc2ccccc2)[C@H](C)Cc2ccc(O)cc2)ccc1-c1ccccc1. The maximum absolute atomic E-state index is 11.9. The van der Waals surface area contributed by atoms with E-state index in [2.05, 4.69) is 29.3 Å². The highest BCUT2D eigenvalue weighted by Crippen LogP contribution is 2.31. The van der Waals surface area contributed by atoms with Crippen LogP contribution in [0.15, 0.2) is 103 Å². The van der Waals surface area contributed by atoms with Gasteiger partial charge < -0.3 is 15.5 Å². The standard InChI is InChI=1S/C32H34N2O3/c1-23(19-25-13-16-29(36)17-14-25)34(21-26-9-5-3-6-10-26)22-32(37)28-15-18-30(27-11-7-4-8-12-27)31(20-28)33-24(2)35/h3-18,20,23,32,36-37H,19,21-22H2,1-2H3,(H,33,35)/t23-,32-/m1/s1. The van der Waals surface area contributed by atoms with Crippen molar-refractivity contribution in [3.05, 3.63) is 120 Å². The Morgan fingerprint density at radius 1 is 0.865 bits per heavy atom. The number of phenolic OH excluding ortho intramolecular Hbond substituents is 1. The number of hydrogen-bond acceptors (Lipinski definition) is 4. The van der Waals surface area contributed by atoms with Crippen molar-refractivity contribution in [2.24, 2.45) is 0 Å². The Bertz CT molecular complexity index is 1290. The first-order chi connectivity index (χ1) is 17.9. The van der Waals surface area contributed by atoms with Crippen LogP contribution in [0, 0.1) is 0 Å². The molecule has 0 radical (unpaired) electrons. The fraction of sp³-hybridized carbons (Fsp3) is 0.219. The molecule has 190 valence electrons. The number of nitrogens with one attached hydrogen (secondary N) is 1. The quantitative estimate of drug-likeness (QED) is 0.246. The highest BCUT2D eigenvalue weighted by atomic mass is 16.3. The number of aromatic hydroxyl groups is 1. The van der Waals surface area contributed by atoms with E-state index in [-0.39, 0.29) is 17.7 Å². The molecule has 4 aromatic carbocycles. The lowest BCUT2D eigenvalue weighted by atomic mass is 9.98. The number of aliphatic hydroxyl groups is 1. The third-order valence-electron chi connectivity index (χ3n) is 6.55. The highest BCUT2D eigenvalue weighted by Gasteiger charge is 2.21. The molecule has 0 saturated heterocycles. The Labute approximate surface area is 219 Å². The van der Waals surface area contributed by atoms with Crippen LogP contribution in [0.2, 0.25) is 0 Å². The molecule has 0 aliphatic heterocycles. The molecule has 5 heteroatoms. The predicted octanol–water partition coefficient (Wildman–Crippen LogP) is 6.18. The summed E-state index contributed by atoms with van der Waals surface area (Å²) in [5.41, 5.74) is 5.64. The maximum atomic E-state index is 11.9. The first-order valence-corrected chi connectivity index (χ1v) is 12.6. The van der Waals surface area contributed by atoms with E-state index in [1.165, 1.54) is 12.5 Å². The van der Waals surface area contributed by atoms with Crippen LogP contribution < -0.4 is 5.32 Å². The topological polar surface area (TPSA) is 72.8 Å². The molecule has 37 heavy (non-hydrogen) atoms. The van der Waals surface area contributed by atoms with E-state index in [0.717, 1.165) is 28.7 Å². The second-order valence-corrected chi connectivity index (χ2v) is 9.50. The monoisotopic (exact) mass is 494 g/mol. The number of hydrogen-bond donors (Lipinski definition) is 3. The third-order valence-corrected chi connectivity index (χ3v) is 6.55. The van der Waals surface area contributed by atoms with Crippen LogP contribution in [0.1, 0.15) is 36.6 Å². The number of benzene rings is 4. The van der Waals surface area contributed by atoms with E-state index < -0.39 is 6.10 Å². The molecule has 2 atom stereocenters. The molecular formula is C32H34N2O3. The number of aliphatic hydroxyl groups excluding tert-OH is 1. The molecule has 4 aromatic rings. The summed E-state index contributed by atoms with van der Waals surface area (Å²) in [5.74, 6) is 0.0962. The molecule has 0 spiro atoms. The van der Waals surface area contributed by atoms with Crippen molar-refractivity contribution in [1.29, 1.82) is 0 Å². The molecule has 0 aliphatic rings. The molecule has 0 bridgehead atoms. The van der Waals surface area contributed by atoms with E-state index in [1.807, 2.05) is 78.9 Å². The van der Waals surface area contributed by atoms with E-state index in [1.54, 1.807) is 12.1 Å². The van der Waals surface area contributed by atoms with E-state index >= 15 is 0 Å². The average Bonchev–Trinajstić information content (AvgIpc) is 2.90. The first-order valence-electron chi connectivity index (χ1n) is 12.6. The molecule has 0 fully saturated rings. The zero-order chi connectivity index (χ0) is 26.2. The molecule has 1 amide bonds. The van der Waals surface area contributed by atoms with Gasteiger partial charge in [-0.25, -0.2) is 0 Å². The summed E-state index contributed by atoms with van der Waals surface area (Å²) in [6, 6.07) is 33.3. The summed E-state index contributed by atoms with van der Waals surface area (Å²) in [7, 11) is 0. The minimum atomic E-state index is -0.747. The van der Waals surface area contributed by atoms with Gasteiger partial charge in [0.25, 0.3) is 0 Å². The Kier molecular flexibility index (Phi) is 8.72. The minimum absolute atomic E-state index is 0.137. The fourth-order valence-electron chi connectivity index (χ4n) is 4.58. The summed E-state index contributed by atoms with van der Waals surface area (Å²) in [4.78, 5) is 14.2. The van der Waals surface area contributed by atoms with E-state index in [9.17, 15) is 15.0 Å². The van der Waals surface area contributed by atoms with Crippen LogP contribution in [0.3, 0.4) is 0 Å². The lowest BCUT2D eigenvalue weighted by Gasteiger charge is -2.31. The largest absolute Gasteiger partial charge is 0.508 e. The summed E-state index contributed by atoms with van der Waals surface area (Å²) in [5, 5.41) is 23.9. The lowest BCUT2D eigenvalue weighted by Crippen LogP contribution is -2.37. The van der Waals surface area contributed by atoms with Crippen molar-refractivity contribution < 1.29 is 15.0 Å². The van der Waals surface area contributed by atoms with Gasteiger partial charge in [0.15, 0.2) is 0 Å². The fourth-order valence-corrected chi connectivity index (χ4v) is 4.58.